The number of nitrogens with one attached hydrogen (secondary N) is 1. The summed E-state index contributed by atoms with van der Waals surface area (Å²) in [5, 5.41) is 3.33. The van der Waals surface area contributed by atoms with Crippen LogP contribution in [0.25, 0.3) is 0 Å². The Bertz CT molecular complexity index is 348. The smallest absolute Gasteiger partial charge is 0.119 e. The van der Waals surface area contributed by atoms with Gasteiger partial charge in [-0.05, 0) is 50.2 Å². The summed E-state index contributed by atoms with van der Waals surface area (Å²) in [6.45, 7) is 8.37. The Morgan fingerprint density at radius 2 is 2.11 bits per heavy atom. The van der Waals surface area contributed by atoms with Crippen molar-refractivity contribution in [3.05, 3.63) is 29.8 Å². The second-order valence-electron chi connectivity index (χ2n) is 4.82. The van der Waals surface area contributed by atoms with Gasteiger partial charge in [0.15, 0.2) is 0 Å². The van der Waals surface area contributed by atoms with Crippen LogP contribution >= 0.6 is 0 Å². The first-order chi connectivity index (χ1) is 8.88. The molecular formula is C15H24N2O. The van der Waals surface area contributed by atoms with Gasteiger partial charge < -0.3 is 10.1 Å². The first-order valence-electron chi connectivity index (χ1n) is 7.03. The number of benzene rings is 1. The van der Waals surface area contributed by atoms with Crippen LogP contribution in [0.3, 0.4) is 0 Å². The van der Waals surface area contributed by atoms with E-state index in [0.29, 0.717) is 0 Å². The first kappa shape index (κ1) is 13.4. The zero-order chi connectivity index (χ0) is 12.6. The average Bonchev–Trinajstić information content (AvgIpc) is 2.90. The molecule has 1 aromatic rings. The summed E-state index contributed by atoms with van der Waals surface area (Å²) in [6.07, 6.45) is 2.69. The maximum atomic E-state index is 5.82. The summed E-state index contributed by atoms with van der Waals surface area (Å²) in [4.78, 5) is 2.47. The van der Waals surface area contributed by atoms with Gasteiger partial charge in [-0.3, -0.25) is 4.90 Å². The van der Waals surface area contributed by atoms with E-state index in [1.54, 1.807) is 0 Å². The van der Waals surface area contributed by atoms with Crippen molar-refractivity contribution in [2.45, 2.75) is 26.3 Å². The highest BCUT2D eigenvalue weighted by Crippen LogP contribution is 2.13. The van der Waals surface area contributed by atoms with Crippen LogP contribution in [-0.2, 0) is 6.54 Å². The topological polar surface area (TPSA) is 24.5 Å². The van der Waals surface area contributed by atoms with E-state index in [-0.39, 0.29) is 0 Å². The monoisotopic (exact) mass is 248 g/mol. The van der Waals surface area contributed by atoms with Gasteiger partial charge in [-0.25, -0.2) is 0 Å². The Balaban J connectivity index is 1.74. The van der Waals surface area contributed by atoms with E-state index in [4.69, 9.17) is 4.74 Å². The zero-order valence-corrected chi connectivity index (χ0v) is 11.3. The molecule has 0 spiro atoms. The Labute approximate surface area is 110 Å². The Morgan fingerprint density at radius 1 is 1.28 bits per heavy atom. The summed E-state index contributed by atoms with van der Waals surface area (Å²) in [5.41, 5.74) is 1.29. The number of ether oxygens (including phenoxy) is 1. The molecule has 18 heavy (non-hydrogen) atoms. The molecule has 0 unspecified atom stereocenters. The molecule has 100 valence electrons. The van der Waals surface area contributed by atoms with E-state index in [1.807, 2.05) is 6.07 Å². The van der Waals surface area contributed by atoms with Crippen molar-refractivity contribution in [1.82, 2.24) is 10.2 Å². The molecule has 3 heteroatoms. The summed E-state index contributed by atoms with van der Waals surface area (Å²) < 4.78 is 5.82. The minimum atomic E-state index is 0.796. The molecule has 3 nitrogen and oxygen atoms in total. The van der Waals surface area contributed by atoms with Crippen LogP contribution in [0.1, 0.15) is 25.3 Å². The molecule has 0 saturated carbocycles. The van der Waals surface area contributed by atoms with Crippen molar-refractivity contribution < 1.29 is 4.74 Å². The fraction of sp³-hybridized carbons (Fsp3) is 0.600. The molecule has 1 saturated heterocycles. The van der Waals surface area contributed by atoms with E-state index >= 15 is 0 Å². The predicted molar refractivity (Wildman–Crippen MR) is 75.0 cm³/mol. The third-order valence-corrected chi connectivity index (χ3v) is 3.35. The lowest BCUT2D eigenvalue weighted by Gasteiger charge is -2.15. The van der Waals surface area contributed by atoms with Crippen LogP contribution in [0.4, 0.5) is 0 Å². The van der Waals surface area contributed by atoms with Gasteiger partial charge in [0.2, 0.25) is 0 Å². The summed E-state index contributed by atoms with van der Waals surface area (Å²) >= 11 is 0. The average molecular weight is 248 g/mol. The number of rotatable bonds is 7. The molecule has 0 bridgehead atoms. The molecule has 0 amide bonds. The van der Waals surface area contributed by atoms with Gasteiger partial charge in [-0.15, -0.1) is 0 Å². The van der Waals surface area contributed by atoms with Crippen molar-refractivity contribution in [2.24, 2.45) is 0 Å². The number of nitrogens with zero attached hydrogens (tertiary/aromatic N) is 1. The van der Waals surface area contributed by atoms with Gasteiger partial charge in [-0.2, -0.15) is 0 Å². The summed E-state index contributed by atoms with van der Waals surface area (Å²) in [7, 11) is 0. The Hall–Kier alpha value is -1.06. The summed E-state index contributed by atoms with van der Waals surface area (Å²) in [5.74, 6) is 0.990. The van der Waals surface area contributed by atoms with E-state index in [2.05, 4.69) is 35.3 Å². The molecule has 0 radical (unpaired) electrons. The van der Waals surface area contributed by atoms with Crippen molar-refractivity contribution in [3.8, 4) is 5.75 Å². The number of hydrogen-bond acceptors (Lipinski definition) is 3. The fourth-order valence-electron chi connectivity index (χ4n) is 2.31. The standard InChI is InChI=1S/C15H24N2O/c1-2-16-13-14-6-5-7-15(12-14)18-11-10-17-8-3-4-9-17/h5-7,12,16H,2-4,8-11,13H2,1H3. The molecule has 1 aliphatic heterocycles. The second-order valence-corrected chi connectivity index (χ2v) is 4.82. The maximum Gasteiger partial charge on any atom is 0.119 e. The highest BCUT2D eigenvalue weighted by Gasteiger charge is 2.10. The molecule has 1 fully saturated rings. The fourth-order valence-corrected chi connectivity index (χ4v) is 2.31. The van der Waals surface area contributed by atoms with Crippen LogP contribution in [0.2, 0.25) is 0 Å². The molecule has 2 rings (SSSR count). The first-order valence-corrected chi connectivity index (χ1v) is 7.03. The molecule has 1 heterocycles. The third kappa shape index (κ3) is 4.31. The molecule has 0 atom stereocenters. The third-order valence-electron chi connectivity index (χ3n) is 3.35. The van der Waals surface area contributed by atoms with Crippen LogP contribution in [0.5, 0.6) is 5.75 Å². The molecule has 1 aromatic carbocycles. The van der Waals surface area contributed by atoms with Crippen LogP contribution in [0.15, 0.2) is 24.3 Å². The lowest BCUT2D eigenvalue weighted by Crippen LogP contribution is -2.25. The molecule has 0 aliphatic carbocycles. The van der Waals surface area contributed by atoms with Gasteiger partial charge in [-0.1, -0.05) is 19.1 Å². The van der Waals surface area contributed by atoms with E-state index in [0.717, 1.165) is 32.0 Å². The van der Waals surface area contributed by atoms with Crippen molar-refractivity contribution in [3.63, 3.8) is 0 Å². The minimum Gasteiger partial charge on any atom is -0.492 e. The lowest BCUT2D eigenvalue weighted by atomic mass is 10.2. The van der Waals surface area contributed by atoms with Crippen molar-refractivity contribution in [2.75, 3.05) is 32.8 Å². The highest BCUT2D eigenvalue weighted by molar-refractivity contribution is 5.28. The molecule has 1 aliphatic rings. The molecule has 0 aromatic heterocycles. The zero-order valence-electron chi connectivity index (χ0n) is 11.3. The summed E-state index contributed by atoms with van der Waals surface area (Å²) in [6, 6.07) is 8.37. The van der Waals surface area contributed by atoms with Gasteiger partial charge in [0, 0.05) is 13.1 Å². The lowest BCUT2D eigenvalue weighted by molar-refractivity contribution is 0.237. The van der Waals surface area contributed by atoms with Crippen molar-refractivity contribution in [1.29, 1.82) is 0 Å². The molecular weight excluding hydrogens is 224 g/mol. The number of hydrogen-bond donors (Lipinski definition) is 1. The normalized spacial score (nSPS) is 16.1. The largest absolute Gasteiger partial charge is 0.492 e. The van der Waals surface area contributed by atoms with Gasteiger partial charge in [0.05, 0.1) is 0 Å². The van der Waals surface area contributed by atoms with Gasteiger partial charge in [0.1, 0.15) is 12.4 Å². The second kappa shape index (κ2) is 7.39. The predicted octanol–water partition coefficient (Wildman–Crippen LogP) is 2.27. The van der Waals surface area contributed by atoms with Gasteiger partial charge >= 0.3 is 0 Å². The minimum absolute atomic E-state index is 0.796. The highest BCUT2D eigenvalue weighted by atomic mass is 16.5. The molecule has 1 N–H and O–H groups in total. The van der Waals surface area contributed by atoms with Gasteiger partial charge in [0.25, 0.3) is 0 Å². The van der Waals surface area contributed by atoms with Crippen LogP contribution in [0, 0.1) is 0 Å². The van der Waals surface area contributed by atoms with Crippen LogP contribution < -0.4 is 10.1 Å². The van der Waals surface area contributed by atoms with E-state index in [1.165, 1.54) is 31.5 Å². The van der Waals surface area contributed by atoms with Crippen molar-refractivity contribution >= 4 is 0 Å². The van der Waals surface area contributed by atoms with Crippen LogP contribution in [-0.4, -0.2) is 37.7 Å². The Kier molecular flexibility index (Phi) is 5.49. The van der Waals surface area contributed by atoms with E-state index < -0.39 is 0 Å². The van der Waals surface area contributed by atoms with E-state index in [9.17, 15) is 0 Å². The SMILES string of the molecule is CCNCc1cccc(OCCN2CCCC2)c1. The Morgan fingerprint density at radius 3 is 2.89 bits per heavy atom. The quantitative estimate of drug-likeness (QED) is 0.801. The maximum absolute atomic E-state index is 5.82. The number of likely N-dealkylation sites (tertiary alicyclic amines) is 1.